The first-order valence-corrected chi connectivity index (χ1v) is 7.72. The van der Waals surface area contributed by atoms with Crippen molar-refractivity contribution in [2.24, 2.45) is 0 Å². The minimum atomic E-state index is 0.102. The molecule has 0 heterocycles. The summed E-state index contributed by atoms with van der Waals surface area (Å²) in [6.07, 6.45) is 6.88. The van der Waals surface area contributed by atoms with Gasteiger partial charge >= 0.3 is 0 Å². The number of carbonyl (C=O) groups is 1. The van der Waals surface area contributed by atoms with E-state index in [9.17, 15) is 4.79 Å². The van der Waals surface area contributed by atoms with E-state index in [1.165, 1.54) is 37.6 Å². The first-order valence-electron chi connectivity index (χ1n) is 6.95. The van der Waals surface area contributed by atoms with E-state index in [2.05, 4.69) is 30.4 Å². The second-order valence-corrected chi connectivity index (χ2v) is 5.36. The molecular formula is C13H28N2OS. The second kappa shape index (κ2) is 12.2. The average molecular weight is 260 g/mol. The van der Waals surface area contributed by atoms with Gasteiger partial charge in [-0.2, -0.15) is 0 Å². The number of rotatable bonds is 10. The Bertz CT molecular complexity index is 180. The zero-order valence-electron chi connectivity index (χ0n) is 11.6. The quantitative estimate of drug-likeness (QED) is 0.475. The number of unbranched alkanes of at least 4 members (excludes halogenated alkanes) is 3. The van der Waals surface area contributed by atoms with Crippen LogP contribution in [0, 0.1) is 0 Å². The van der Waals surface area contributed by atoms with Crippen molar-refractivity contribution in [2.45, 2.75) is 59.3 Å². The first kappa shape index (κ1) is 16.8. The van der Waals surface area contributed by atoms with Gasteiger partial charge in [-0.1, -0.05) is 40.0 Å². The molecule has 0 unspecified atom stereocenters. The topological polar surface area (TPSA) is 32.3 Å². The molecule has 0 aromatic heterocycles. The lowest BCUT2D eigenvalue weighted by molar-refractivity contribution is 0.259. The lowest BCUT2D eigenvalue weighted by Crippen LogP contribution is -2.27. The molecule has 0 fully saturated rings. The summed E-state index contributed by atoms with van der Waals surface area (Å²) in [7, 11) is 0. The zero-order valence-corrected chi connectivity index (χ0v) is 12.4. The third-order valence-electron chi connectivity index (χ3n) is 2.53. The van der Waals surface area contributed by atoms with Gasteiger partial charge in [0.2, 0.25) is 0 Å². The highest BCUT2D eigenvalue weighted by Gasteiger charge is 2.10. The van der Waals surface area contributed by atoms with Crippen LogP contribution in [0.5, 0.6) is 0 Å². The molecule has 0 radical (unpaired) electrons. The lowest BCUT2D eigenvalue weighted by Gasteiger charge is -2.19. The van der Waals surface area contributed by atoms with Crippen LogP contribution >= 0.6 is 11.9 Å². The molecule has 0 spiro atoms. The molecule has 1 amide bonds. The molecule has 0 aromatic rings. The lowest BCUT2D eigenvalue weighted by atomic mass is 10.3. The molecule has 3 nitrogen and oxygen atoms in total. The molecule has 0 aliphatic carbocycles. The van der Waals surface area contributed by atoms with Crippen molar-refractivity contribution in [1.82, 2.24) is 9.62 Å². The molecule has 0 aliphatic rings. The largest absolute Gasteiger partial charge is 0.346 e. The highest BCUT2D eigenvalue weighted by Crippen LogP contribution is 2.13. The Kier molecular flexibility index (Phi) is 12.1. The molecule has 0 rings (SSSR count). The maximum Gasteiger partial charge on any atom is 0.294 e. The summed E-state index contributed by atoms with van der Waals surface area (Å²) in [5, 5.41) is 3.05. The Morgan fingerprint density at radius 3 is 2.00 bits per heavy atom. The van der Waals surface area contributed by atoms with E-state index in [0.29, 0.717) is 0 Å². The van der Waals surface area contributed by atoms with E-state index in [4.69, 9.17) is 0 Å². The van der Waals surface area contributed by atoms with Gasteiger partial charge < -0.3 is 5.32 Å². The summed E-state index contributed by atoms with van der Waals surface area (Å²) in [6.45, 7) is 9.34. The van der Waals surface area contributed by atoms with Crippen LogP contribution in [-0.4, -0.2) is 29.2 Å². The molecule has 1 N–H and O–H groups in total. The van der Waals surface area contributed by atoms with Crippen molar-refractivity contribution < 1.29 is 4.79 Å². The highest BCUT2D eigenvalue weighted by atomic mass is 32.2. The number of hydrogen-bond acceptors (Lipinski definition) is 3. The molecule has 0 saturated heterocycles. The van der Waals surface area contributed by atoms with Gasteiger partial charge in [-0.3, -0.25) is 4.79 Å². The fourth-order valence-corrected chi connectivity index (χ4v) is 2.23. The van der Waals surface area contributed by atoms with Gasteiger partial charge in [-0.05, 0) is 19.3 Å². The van der Waals surface area contributed by atoms with Crippen LogP contribution in [0.3, 0.4) is 0 Å². The van der Waals surface area contributed by atoms with Crippen LogP contribution in [0.15, 0.2) is 0 Å². The summed E-state index contributed by atoms with van der Waals surface area (Å²) >= 11 is 1.36. The Morgan fingerprint density at radius 2 is 1.53 bits per heavy atom. The van der Waals surface area contributed by atoms with Crippen molar-refractivity contribution in [3.63, 3.8) is 0 Å². The second-order valence-electron chi connectivity index (χ2n) is 4.30. The number of nitrogens with zero attached hydrogens (tertiary/aromatic N) is 1. The van der Waals surface area contributed by atoms with Crippen molar-refractivity contribution in [3.8, 4) is 0 Å². The van der Waals surface area contributed by atoms with E-state index in [-0.39, 0.29) is 5.24 Å². The van der Waals surface area contributed by atoms with E-state index < -0.39 is 0 Å². The number of nitrogens with one attached hydrogen (secondary N) is 1. The van der Waals surface area contributed by atoms with E-state index in [1.54, 1.807) is 0 Å². The molecule has 0 bridgehead atoms. The molecule has 0 aliphatic heterocycles. The van der Waals surface area contributed by atoms with Crippen LogP contribution in [0.4, 0.5) is 4.79 Å². The molecule has 17 heavy (non-hydrogen) atoms. The van der Waals surface area contributed by atoms with E-state index in [1.807, 2.05) is 0 Å². The van der Waals surface area contributed by atoms with E-state index >= 15 is 0 Å². The van der Waals surface area contributed by atoms with Crippen LogP contribution in [0.25, 0.3) is 0 Å². The third-order valence-corrected chi connectivity index (χ3v) is 3.47. The molecule has 0 atom stereocenters. The fourth-order valence-electron chi connectivity index (χ4n) is 1.39. The maximum atomic E-state index is 11.7. The van der Waals surface area contributed by atoms with E-state index in [0.717, 1.165) is 32.5 Å². The van der Waals surface area contributed by atoms with Crippen molar-refractivity contribution >= 4 is 17.2 Å². The smallest absolute Gasteiger partial charge is 0.294 e. The molecule has 0 aromatic carbocycles. The predicted octanol–water partition coefficient (Wildman–Crippen LogP) is 4.05. The third kappa shape index (κ3) is 10.6. The number of carbonyl (C=O) groups excluding carboxylic acids is 1. The zero-order chi connectivity index (χ0) is 12.9. The van der Waals surface area contributed by atoms with Gasteiger partial charge in [0.25, 0.3) is 5.24 Å². The van der Waals surface area contributed by atoms with Gasteiger partial charge in [-0.25, -0.2) is 4.31 Å². The van der Waals surface area contributed by atoms with Gasteiger partial charge in [0, 0.05) is 31.6 Å². The minimum absolute atomic E-state index is 0.102. The summed E-state index contributed by atoms with van der Waals surface area (Å²) in [4.78, 5) is 11.7. The normalized spacial score (nSPS) is 10.8. The van der Waals surface area contributed by atoms with Crippen LogP contribution < -0.4 is 5.32 Å². The molecule has 4 heteroatoms. The number of hydrogen-bond donors (Lipinski definition) is 1. The van der Waals surface area contributed by atoms with Crippen molar-refractivity contribution in [3.05, 3.63) is 0 Å². The molecular weight excluding hydrogens is 232 g/mol. The van der Waals surface area contributed by atoms with Crippen molar-refractivity contribution in [2.75, 3.05) is 19.6 Å². The monoisotopic (exact) mass is 260 g/mol. The predicted molar refractivity (Wildman–Crippen MR) is 77.3 cm³/mol. The minimum Gasteiger partial charge on any atom is -0.346 e. The fraction of sp³-hybridized carbons (Fsp3) is 0.923. The average Bonchev–Trinajstić information content (AvgIpc) is 2.33. The maximum absolute atomic E-state index is 11.7. The van der Waals surface area contributed by atoms with Gasteiger partial charge in [0.1, 0.15) is 0 Å². The van der Waals surface area contributed by atoms with Gasteiger partial charge in [-0.15, -0.1) is 0 Å². The molecule has 0 saturated carbocycles. The van der Waals surface area contributed by atoms with Crippen LogP contribution in [0.1, 0.15) is 59.3 Å². The SMILES string of the molecule is CCCCNC(=O)SN(CCCC)CCCC. The summed E-state index contributed by atoms with van der Waals surface area (Å²) in [6, 6.07) is 0. The number of amides is 1. The van der Waals surface area contributed by atoms with Crippen LogP contribution in [0.2, 0.25) is 0 Å². The highest BCUT2D eigenvalue weighted by molar-refractivity contribution is 8.11. The van der Waals surface area contributed by atoms with Gasteiger partial charge in [0.15, 0.2) is 0 Å². The Balaban J connectivity index is 3.81. The Hall–Kier alpha value is -0.220. The Morgan fingerprint density at radius 1 is 1.00 bits per heavy atom. The van der Waals surface area contributed by atoms with Crippen LogP contribution in [-0.2, 0) is 0 Å². The summed E-state index contributed by atoms with van der Waals surface area (Å²) < 4.78 is 2.20. The Labute approximate surface area is 111 Å². The van der Waals surface area contributed by atoms with Gasteiger partial charge in [0.05, 0.1) is 0 Å². The molecule has 102 valence electrons. The standard InChI is InChI=1S/C13H28N2OS/c1-4-7-10-14-13(16)17-15(11-8-5-2)12-9-6-3/h4-12H2,1-3H3,(H,14,16). The summed E-state index contributed by atoms with van der Waals surface area (Å²) in [5.74, 6) is 0. The first-order chi connectivity index (χ1) is 8.24. The van der Waals surface area contributed by atoms with Crippen molar-refractivity contribution in [1.29, 1.82) is 0 Å². The summed E-state index contributed by atoms with van der Waals surface area (Å²) in [5.41, 5.74) is 0.